The molecule has 1 atom stereocenters. The molecule has 2 heterocycles. The van der Waals surface area contributed by atoms with Crippen molar-refractivity contribution >= 4 is 33.6 Å². The Hall–Kier alpha value is -1.87. The van der Waals surface area contributed by atoms with Gasteiger partial charge in [0.15, 0.2) is 5.82 Å². The number of likely N-dealkylation sites (tertiary alicyclic amines) is 1. The van der Waals surface area contributed by atoms with Crippen LogP contribution in [0.4, 0.5) is 5.82 Å². The van der Waals surface area contributed by atoms with Crippen LogP contribution in [0.5, 0.6) is 0 Å². The summed E-state index contributed by atoms with van der Waals surface area (Å²) in [6.07, 6.45) is 6.00. The lowest BCUT2D eigenvalue weighted by Gasteiger charge is -2.22. The molecular weight excluding hydrogens is 426 g/mol. The first-order valence-electron chi connectivity index (χ1n) is 9.67. The molecule has 1 aromatic heterocycles. The molecule has 1 unspecified atom stereocenters. The molecule has 2 fully saturated rings. The number of ether oxygens (including phenoxy) is 1. The van der Waals surface area contributed by atoms with Gasteiger partial charge in [0, 0.05) is 20.2 Å². The molecule has 1 aliphatic heterocycles. The van der Waals surface area contributed by atoms with Gasteiger partial charge in [-0.1, -0.05) is 20.4 Å². The van der Waals surface area contributed by atoms with Gasteiger partial charge in [0.25, 0.3) is 5.91 Å². The number of nitrogens with two attached hydrogens (primary N) is 1. The second-order valence-corrected chi connectivity index (χ2v) is 7.23. The van der Waals surface area contributed by atoms with E-state index in [-0.39, 0.29) is 11.9 Å². The van der Waals surface area contributed by atoms with Crippen LogP contribution in [0.3, 0.4) is 0 Å². The van der Waals surface area contributed by atoms with Gasteiger partial charge in [0.1, 0.15) is 10.2 Å². The predicted molar refractivity (Wildman–Crippen MR) is 114 cm³/mol. The van der Waals surface area contributed by atoms with E-state index in [1.54, 1.807) is 7.11 Å². The highest BCUT2D eigenvalue weighted by Gasteiger charge is 2.26. The van der Waals surface area contributed by atoms with Gasteiger partial charge in [0.05, 0.1) is 12.6 Å². The molecule has 158 valence electrons. The summed E-state index contributed by atoms with van der Waals surface area (Å²) >= 11 is 3.18. The van der Waals surface area contributed by atoms with E-state index in [4.69, 9.17) is 10.5 Å². The maximum atomic E-state index is 11.3. The maximum Gasteiger partial charge on any atom is 0.255 e. The van der Waals surface area contributed by atoms with Gasteiger partial charge in [0.2, 0.25) is 5.91 Å². The molecule has 1 aliphatic carbocycles. The number of carbonyl (C=O) groups excluding carboxylic acids is 2. The number of amides is 2. The van der Waals surface area contributed by atoms with Crippen molar-refractivity contribution in [3.05, 3.63) is 22.8 Å². The van der Waals surface area contributed by atoms with Crippen LogP contribution >= 0.6 is 15.9 Å². The van der Waals surface area contributed by atoms with E-state index in [9.17, 15) is 9.59 Å². The lowest BCUT2D eigenvalue weighted by molar-refractivity contribution is -0.127. The smallest absolute Gasteiger partial charge is 0.255 e. The number of hydrogen-bond donors (Lipinski definition) is 3. The topological polar surface area (TPSA) is 113 Å². The van der Waals surface area contributed by atoms with Crippen molar-refractivity contribution < 1.29 is 14.3 Å². The lowest BCUT2D eigenvalue weighted by atomic mass is 10.2. The summed E-state index contributed by atoms with van der Waals surface area (Å²) in [5.74, 6) is 0.806. The van der Waals surface area contributed by atoms with E-state index in [1.807, 2.05) is 18.7 Å². The van der Waals surface area contributed by atoms with Crippen LogP contribution in [-0.2, 0) is 9.53 Å². The fourth-order valence-corrected chi connectivity index (χ4v) is 3.32. The molecule has 28 heavy (non-hydrogen) atoms. The van der Waals surface area contributed by atoms with E-state index in [0.29, 0.717) is 22.6 Å². The van der Waals surface area contributed by atoms with Crippen molar-refractivity contribution in [2.45, 2.75) is 45.6 Å². The van der Waals surface area contributed by atoms with Crippen LogP contribution in [0.1, 0.15) is 49.9 Å². The zero-order valence-corrected chi connectivity index (χ0v) is 18.5. The maximum absolute atomic E-state index is 11.3. The summed E-state index contributed by atoms with van der Waals surface area (Å²) in [4.78, 5) is 24.1. The Morgan fingerprint density at radius 1 is 1.43 bits per heavy atom. The summed E-state index contributed by atoms with van der Waals surface area (Å²) in [6, 6.07) is 0.264. The van der Waals surface area contributed by atoms with Gasteiger partial charge >= 0.3 is 0 Å². The fraction of sp³-hybridized carbons (Fsp3) is 0.632. The van der Waals surface area contributed by atoms with Crippen LogP contribution in [-0.4, -0.2) is 59.8 Å². The average Bonchev–Trinajstić information content (AvgIpc) is 3.28. The van der Waals surface area contributed by atoms with Gasteiger partial charge < -0.3 is 20.7 Å². The van der Waals surface area contributed by atoms with Crippen molar-refractivity contribution in [2.75, 3.05) is 32.1 Å². The Balaban J connectivity index is 0.000000260. The van der Waals surface area contributed by atoms with Crippen molar-refractivity contribution in [1.29, 1.82) is 0 Å². The number of halogens is 1. The van der Waals surface area contributed by atoms with E-state index in [1.165, 1.54) is 18.9 Å². The molecule has 3 rings (SSSR count). The molecule has 9 heteroatoms. The van der Waals surface area contributed by atoms with Crippen LogP contribution in [0.25, 0.3) is 0 Å². The first-order chi connectivity index (χ1) is 13.5. The summed E-state index contributed by atoms with van der Waals surface area (Å²) in [5, 5.41) is 9.72. The van der Waals surface area contributed by atoms with Gasteiger partial charge in [-0.3, -0.25) is 14.7 Å². The number of aromatic nitrogens is 2. The molecule has 1 saturated carbocycles. The molecule has 0 aromatic carbocycles. The minimum Gasteiger partial charge on any atom is -0.383 e. The van der Waals surface area contributed by atoms with E-state index >= 15 is 0 Å². The molecule has 8 nitrogen and oxygen atoms in total. The van der Waals surface area contributed by atoms with Gasteiger partial charge in [-0.05, 0) is 53.6 Å². The van der Waals surface area contributed by atoms with Crippen LogP contribution < -0.4 is 11.1 Å². The number of primary amides is 1. The van der Waals surface area contributed by atoms with Crippen LogP contribution in [0, 0.1) is 5.92 Å². The third-order valence-electron chi connectivity index (χ3n) is 4.42. The number of anilines is 1. The van der Waals surface area contributed by atoms with Gasteiger partial charge in [-0.25, -0.2) is 0 Å². The molecule has 2 aliphatic rings. The number of methoxy groups -OCH3 is 1. The number of nitrogens with one attached hydrogen (secondary N) is 2. The summed E-state index contributed by atoms with van der Waals surface area (Å²) < 4.78 is 5.55. The zero-order valence-electron chi connectivity index (χ0n) is 17.0. The highest BCUT2D eigenvalue weighted by atomic mass is 79.9. The van der Waals surface area contributed by atoms with Gasteiger partial charge in [-0.2, -0.15) is 5.10 Å². The second kappa shape index (κ2) is 12.6. The molecule has 2 amide bonds. The number of nitrogens with zero attached hydrogens (tertiary/aromatic N) is 2. The highest BCUT2D eigenvalue weighted by Crippen LogP contribution is 2.29. The van der Waals surface area contributed by atoms with Crippen LogP contribution in [0.2, 0.25) is 0 Å². The largest absolute Gasteiger partial charge is 0.383 e. The van der Waals surface area contributed by atoms with Crippen molar-refractivity contribution in [1.82, 2.24) is 15.1 Å². The Kier molecular flexibility index (Phi) is 10.8. The molecule has 4 N–H and O–H groups in total. The highest BCUT2D eigenvalue weighted by molar-refractivity contribution is 9.10. The molecule has 0 spiro atoms. The Morgan fingerprint density at radius 3 is 2.64 bits per heavy atom. The Morgan fingerprint density at radius 2 is 2.11 bits per heavy atom. The monoisotopic (exact) mass is 457 g/mol. The fourth-order valence-electron chi connectivity index (χ4n) is 2.85. The minimum absolute atomic E-state index is 0.0227. The van der Waals surface area contributed by atoms with Crippen molar-refractivity contribution in [3.8, 4) is 0 Å². The van der Waals surface area contributed by atoms with E-state index in [0.717, 1.165) is 31.8 Å². The first kappa shape index (κ1) is 24.2. The quantitative estimate of drug-likeness (QED) is 0.544. The lowest BCUT2D eigenvalue weighted by Crippen LogP contribution is -2.36. The third-order valence-corrected chi connectivity index (χ3v) is 4.99. The number of carbonyl (C=O) groups is 2. The van der Waals surface area contributed by atoms with E-state index in [2.05, 4.69) is 38.0 Å². The minimum atomic E-state index is -0.482. The van der Waals surface area contributed by atoms with E-state index < -0.39 is 5.91 Å². The molecule has 0 radical (unpaired) electrons. The molecule has 1 aromatic rings. The molecule has 1 saturated heterocycles. The normalized spacial score (nSPS) is 17.7. The van der Waals surface area contributed by atoms with Crippen molar-refractivity contribution in [3.63, 3.8) is 0 Å². The number of aromatic amines is 1. The van der Waals surface area contributed by atoms with Gasteiger partial charge in [-0.15, -0.1) is 0 Å². The SMILES string of the molecule is C=CC(=O)N1CCCC1COC.CC.NC(=O)c1c(NCC2CC2)n[nH]c1Br. The molecular formula is C19H32BrN5O3. The van der Waals surface area contributed by atoms with Crippen LogP contribution in [0.15, 0.2) is 17.3 Å². The summed E-state index contributed by atoms with van der Waals surface area (Å²) in [7, 11) is 1.66. The number of hydrogen-bond acceptors (Lipinski definition) is 5. The average molecular weight is 458 g/mol. The third kappa shape index (κ3) is 7.27. The second-order valence-electron chi connectivity index (χ2n) is 6.44. The predicted octanol–water partition coefficient (Wildman–Crippen LogP) is 2.93. The number of H-pyrrole nitrogens is 1. The Labute approximate surface area is 175 Å². The standard InChI is InChI=1S/C9H15NO2.C8H11BrN4O.C2H6/c1-3-9(11)10-6-4-5-8(10)7-12-2;9-6-5(7(10)14)8(13-12-6)11-3-4-1-2-4;1-2/h3,8H,1,4-7H2,2H3;4H,1-3H2,(H2,10,14)(H2,11,12,13);1-2H3. The first-order valence-corrected chi connectivity index (χ1v) is 10.5. The number of rotatable bonds is 7. The molecule has 0 bridgehead atoms. The summed E-state index contributed by atoms with van der Waals surface area (Å²) in [6.45, 7) is 9.81. The zero-order chi connectivity index (χ0) is 21.1. The summed E-state index contributed by atoms with van der Waals surface area (Å²) in [5.41, 5.74) is 5.61. The Bertz CT molecular complexity index is 646. The van der Waals surface area contributed by atoms with Crippen molar-refractivity contribution in [2.24, 2.45) is 11.7 Å².